The number of halogens is 1. The number of fused-ring (bicyclic) bond motifs is 1. The van der Waals surface area contributed by atoms with Gasteiger partial charge < -0.3 is 14.6 Å². The first-order valence-electron chi connectivity index (χ1n) is 11.8. The zero-order valence-corrected chi connectivity index (χ0v) is 20.5. The van der Waals surface area contributed by atoms with Crippen molar-refractivity contribution in [2.75, 3.05) is 6.61 Å². The predicted molar refractivity (Wildman–Crippen MR) is 135 cm³/mol. The normalized spacial score (nSPS) is 14.0. The summed E-state index contributed by atoms with van der Waals surface area (Å²) in [7, 11) is 0. The fourth-order valence-corrected chi connectivity index (χ4v) is 5.01. The van der Waals surface area contributed by atoms with E-state index in [1.807, 2.05) is 18.2 Å². The van der Waals surface area contributed by atoms with Crippen molar-refractivity contribution in [3.63, 3.8) is 0 Å². The summed E-state index contributed by atoms with van der Waals surface area (Å²) in [4.78, 5) is 28.7. The van der Waals surface area contributed by atoms with Crippen LogP contribution in [0.4, 0.5) is 4.39 Å². The number of carbonyl (C=O) groups is 2. The van der Waals surface area contributed by atoms with E-state index in [9.17, 15) is 14.7 Å². The molecule has 0 unspecified atom stereocenters. The van der Waals surface area contributed by atoms with E-state index in [0.29, 0.717) is 51.8 Å². The molecule has 6 nitrogen and oxygen atoms in total. The maximum Gasteiger partial charge on any atom is 0.337 e. The van der Waals surface area contributed by atoms with Crippen LogP contribution in [0.15, 0.2) is 42.6 Å². The van der Waals surface area contributed by atoms with Gasteiger partial charge in [-0.25, -0.2) is 9.18 Å². The minimum atomic E-state index is -1.32. The third kappa shape index (κ3) is 3.89. The molecule has 1 atom stereocenters. The van der Waals surface area contributed by atoms with Crippen LogP contribution in [0.3, 0.4) is 0 Å². The molecule has 1 aliphatic rings. The van der Waals surface area contributed by atoms with E-state index in [1.165, 1.54) is 6.07 Å². The van der Waals surface area contributed by atoms with Crippen molar-refractivity contribution in [1.29, 1.82) is 0 Å². The lowest BCUT2D eigenvalue weighted by Crippen LogP contribution is -2.28. The summed E-state index contributed by atoms with van der Waals surface area (Å²) in [5.74, 6) is -1.10. The van der Waals surface area contributed by atoms with Crippen LogP contribution in [0.25, 0.3) is 32.8 Å². The SMILES string of the molecule is Cc1cc2c(F)c(C=O)ccc2c(-c2ccc3c4c(ccnc24)CCO3)c1[C@@H](OC(C)(C)C)C(=O)O. The summed E-state index contributed by atoms with van der Waals surface area (Å²) in [6.07, 6.45) is 1.60. The lowest BCUT2D eigenvalue weighted by molar-refractivity contribution is -0.160. The van der Waals surface area contributed by atoms with Crippen LogP contribution < -0.4 is 4.74 Å². The molecule has 0 saturated carbocycles. The number of ether oxygens (including phenoxy) is 2. The van der Waals surface area contributed by atoms with Gasteiger partial charge in [-0.15, -0.1) is 0 Å². The Bertz CT molecular complexity index is 1540. The molecule has 5 rings (SSSR count). The number of carbonyl (C=O) groups excluding carboxylic acids is 1. The third-order valence-electron chi connectivity index (χ3n) is 6.46. The van der Waals surface area contributed by atoms with Gasteiger partial charge in [0, 0.05) is 34.5 Å². The Labute approximate surface area is 207 Å². The average Bonchev–Trinajstić information content (AvgIpc) is 2.83. The zero-order chi connectivity index (χ0) is 25.8. The highest BCUT2D eigenvalue weighted by molar-refractivity contribution is 6.09. The summed E-state index contributed by atoms with van der Waals surface area (Å²) in [5.41, 5.74) is 3.00. The molecule has 1 N–H and O–H groups in total. The Kier molecular flexibility index (Phi) is 5.75. The van der Waals surface area contributed by atoms with Crippen LogP contribution in [0.2, 0.25) is 0 Å². The molecule has 36 heavy (non-hydrogen) atoms. The van der Waals surface area contributed by atoms with Crippen molar-refractivity contribution in [3.8, 4) is 16.9 Å². The number of aromatic nitrogens is 1. The first-order valence-corrected chi connectivity index (χ1v) is 11.8. The first kappa shape index (κ1) is 23.9. The van der Waals surface area contributed by atoms with Crippen LogP contribution in [0, 0.1) is 12.7 Å². The quantitative estimate of drug-likeness (QED) is 0.338. The lowest BCUT2D eigenvalue weighted by Gasteiger charge is -2.29. The summed E-state index contributed by atoms with van der Waals surface area (Å²) < 4.78 is 27.3. The lowest BCUT2D eigenvalue weighted by atomic mass is 9.85. The number of rotatable bonds is 5. The first-order chi connectivity index (χ1) is 17.1. The van der Waals surface area contributed by atoms with Crippen LogP contribution in [-0.4, -0.2) is 34.6 Å². The predicted octanol–water partition coefficient (Wildman–Crippen LogP) is 6.19. The zero-order valence-electron chi connectivity index (χ0n) is 20.5. The van der Waals surface area contributed by atoms with Crippen molar-refractivity contribution >= 4 is 33.9 Å². The molecule has 0 radical (unpaired) electrons. The van der Waals surface area contributed by atoms with Crippen molar-refractivity contribution in [3.05, 3.63) is 70.7 Å². The van der Waals surface area contributed by atoms with Gasteiger partial charge in [-0.2, -0.15) is 0 Å². The number of aliphatic carboxylic acids is 1. The Morgan fingerprint density at radius 3 is 2.67 bits per heavy atom. The second-order valence-corrected chi connectivity index (χ2v) is 10.0. The van der Waals surface area contributed by atoms with Crippen LogP contribution in [0.1, 0.15) is 53.9 Å². The highest BCUT2D eigenvalue weighted by atomic mass is 19.1. The summed E-state index contributed by atoms with van der Waals surface area (Å²) in [5, 5.41) is 11.8. The van der Waals surface area contributed by atoms with Gasteiger partial charge in [-0.1, -0.05) is 6.07 Å². The Morgan fingerprint density at radius 1 is 1.19 bits per heavy atom. The second kappa shape index (κ2) is 8.68. The van der Waals surface area contributed by atoms with Crippen LogP contribution in [-0.2, 0) is 16.0 Å². The van der Waals surface area contributed by atoms with Crippen molar-refractivity contribution in [2.45, 2.75) is 45.8 Å². The van der Waals surface area contributed by atoms with E-state index < -0.39 is 23.5 Å². The number of hydrogen-bond acceptors (Lipinski definition) is 5. The van der Waals surface area contributed by atoms with E-state index in [1.54, 1.807) is 46.0 Å². The van der Waals surface area contributed by atoms with Crippen LogP contribution in [0.5, 0.6) is 5.75 Å². The van der Waals surface area contributed by atoms with E-state index in [-0.39, 0.29) is 10.9 Å². The molecule has 0 amide bonds. The molecule has 3 aromatic carbocycles. The summed E-state index contributed by atoms with van der Waals surface area (Å²) in [6.45, 7) is 7.66. The second-order valence-electron chi connectivity index (χ2n) is 10.0. The molecule has 1 aliphatic heterocycles. The fraction of sp³-hybridized carbons (Fsp3) is 0.276. The van der Waals surface area contributed by atoms with Crippen molar-refractivity contribution in [1.82, 2.24) is 4.98 Å². The molecule has 0 aliphatic carbocycles. The molecular weight excluding hydrogens is 461 g/mol. The molecule has 0 bridgehead atoms. The average molecular weight is 488 g/mol. The number of pyridine rings is 1. The Morgan fingerprint density at radius 2 is 1.97 bits per heavy atom. The van der Waals surface area contributed by atoms with Gasteiger partial charge in [0.15, 0.2) is 12.4 Å². The van der Waals surface area contributed by atoms with E-state index in [0.717, 1.165) is 17.4 Å². The van der Waals surface area contributed by atoms with E-state index in [4.69, 9.17) is 9.47 Å². The number of carboxylic acid groups (broad SMARTS) is 1. The molecular formula is C29H26FNO5. The van der Waals surface area contributed by atoms with Gasteiger partial charge >= 0.3 is 5.97 Å². The number of aldehydes is 1. The smallest absolute Gasteiger partial charge is 0.337 e. The maximum atomic E-state index is 15.4. The molecule has 4 aromatic rings. The number of nitrogens with zero attached hydrogens (tertiary/aromatic N) is 1. The third-order valence-corrected chi connectivity index (χ3v) is 6.46. The summed E-state index contributed by atoms with van der Waals surface area (Å²) >= 11 is 0. The van der Waals surface area contributed by atoms with Crippen molar-refractivity contribution < 1.29 is 28.6 Å². The molecule has 7 heteroatoms. The topological polar surface area (TPSA) is 85.7 Å². The fourth-order valence-electron chi connectivity index (χ4n) is 5.01. The Hall–Kier alpha value is -3.84. The van der Waals surface area contributed by atoms with Crippen LogP contribution >= 0.6 is 0 Å². The van der Waals surface area contributed by atoms with Gasteiger partial charge in [0.2, 0.25) is 0 Å². The molecule has 1 aromatic heterocycles. The molecule has 0 fully saturated rings. The minimum absolute atomic E-state index is 0.0650. The molecule has 2 heterocycles. The number of aryl methyl sites for hydroxylation is 1. The highest BCUT2D eigenvalue weighted by Crippen LogP contribution is 2.45. The number of carboxylic acids is 1. The maximum absolute atomic E-state index is 15.4. The van der Waals surface area contributed by atoms with Gasteiger partial charge in [-0.3, -0.25) is 9.78 Å². The van der Waals surface area contributed by atoms with Gasteiger partial charge in [0.25, 0.3) is 0 Å². The Balaban J connectivity index is 1.95. The van der Waals surface area contributed by atoms with E-state index in [2.05, 4.69) is 4.98 Å². The van der Waals surface area contributed by atoms with Gasteiger partial charge in [0.05, 0.1) is 23.3 Å². The molecule has 0 spiro atoms. The number of benzene rings is 3. The molecule has 0 saturated heterocycles. The summed E-state index contributed by atoms with van der Waals surface area (Å²) in [6, 6.07) is 10.3. The monoisotopic (exact) mass is 487 g/mol. The van der Waals surface area contributed by atoms with Crippen molar-refractivity contribution in [2.24, 2.45) is 0 Å². The standard InChI is InChI=1S/C29H26FNO5/c1-15-13-20-18(6-5-17(14-32)25(20)30)24(22(15)27(28(33)34)36-29(2,3)4)19-7-8-21-23-16(10-12-35-21)9-11-31-26(19)23/h5-9,11,13-14,27H,10,12H2,1-4H3,(H,33,34)/t27-/m1/s1. The van der Waals surface area contributed by atoms with E-state index >= 15 is 4.39 Å². The molecule has 184 valence electrons. The van der Waals surface area contributed by atoms with Gasteiger partial charge in [-0.05, 0) is 80.1 Å². The largest absolute Gasteiger partial charge is 0.493 e. The number of hydrogen-bond donors (Lipinski definition) is 1. The highest BCUT2D eigenvalue weighted by Gasteiger charge is 2.33. The van der Waals surface area contributed by atoms with Gasteiger partial charge in [0.1, 0.15) is 11.6 Å². The minimum Gasteiger partial charge on any atom is -0.493 e.